The van der Waals surface area contributed by atoms with E-state index in [1.807, 2.05) is 7.11 Å². The topological polar surface area (TPSA) is 21.3 Å². The van der Waals surface area contributed by atoms with Gasteiger partial charge in [0.2, 0.25) is 0 Å². The lowest BCUT2D eigenvalue weighted by Crippen LogP contribution is -2.54. The maximum Gasteiger partial charge on any atom is 0.0831 e. The lowest BCUT2D eigenvalue weighted by molar-refractivity contribution is -0.0768. The van der Waals surface area contributed by atoms with Gasteiger partial charge in [-0.2, -0.15) is 0 Å². The predicted molar refractivity (Wildman–Crippen MR) is 88.2 cm³/mol. The second-order valence-electron chi connectivity index (χ2n) is 6.81. The van der Waals surface area contributed by atoms with Crippen LogP contribution in [-0.4, -0.2) is 25.3 Å². The zero-order valence-electron chi connectivity index (χ0n) is 14.3. The van der Waals surface area contributed by atoms with Gasteiger partial charge in [-0.05, 0) is 51.0 Å². The van der Waals surface area contributed by atoms with Gasteiger partial charge in [0.25, 0.3) is 0 Å². The SMILES string of the molecule is CCCCCCC(NCCC)C1(OC)CCC(C)CC1. The lowest BCUT2D eigenvalue weighted by atomic mass is 9.74. The van der Waals surface area contributed by atoms with E-state index in [1.54, 1.807) is 0 Å². The van der Waals surface area contributed by atoms with E-state index in [2.05, 4.69) is 26.1 Å². The molecule has 0 heterocycles. The van der Waals surface area contributed by atoms with Gasteiger partial charge < -0.3 is 10.1 Å². The van der Waals surface area contributed by atoms with Crippen LogP contribution < -0.4 is 5.32 Å². The highest BCUT2D eigenvalue weighted by atomic mass is 16.5. The number of hydrogen-bond donors (Lipinski definition) is 1. The molecule has 0 amide bonds. The summed E-state index contributed by atoms with van der Waals surface area (Å²) in [7, 11) is 1.93. The first-order valence-corrected chi connectivity index (χ1v) is 8.97. The maximum absolute atomic E-state index is 6.08. The molecule has 1 aliphatic rings. The Balaban J connectivity index is 2.57. The van der Waals surface area contributed by atoms with Gasteiger partial charge in [0.15, 0.2) is 0 Å². The van der Waals surface area contributed by atoms with Gasteiger partial charge in [0.05, 0.1) is 5.60 Å². The largest absolute Gasteiger partial charge is 0.377 e. The molecular formula is C18H37NO. The van der Waals surface area contributed by atoms with Crippen LogP contribution in [0.5, 0.6) is 0 Å². The van der Waals surface area contributed by atoms with Gasteiger partial charge in [0.1, 0.15) is 0 Å². The van der Waals surface area contributed by atoms with Crippen molar-refractivity contribution >= 4 is 0 Å². The van der Waals surface area contributed by atoms with E-state index in [-0.39, 0.29) is 5.60 Å². The number of ether oxygens (including phenoxy) is 1. The molecule has 1 N–H and O–H groups in total. The fourth-order valence-corrected chi connectivity index (χ4v) is 3.59. The van der Waals surface area contributed by atoms with Crippen molar-refractivity contribution in [2.24, 2.45) is 5.92 Å². The molecule has 0 aromatic rings. The molecule has 0 aliphatic heterocycles. The summed E-state index contributed by atoms with van der Waals surface area (Å²) >= 11 is 0. The summed E-state index contributed by atoms with van der Waals surface area (Å²) in [5.74, 6) is 0.880. The highest BCUT2D eigenvalue weighted by Gasteiger charge is 2.40. The van der Waals surface area contributed by atoms with E-state index in [0.29, 0.717) is 6.04 Å². The van der Waals surface area contributed by atoms with E-state index in [1.165, 1.54) is 64.2 Å². The van der Waals surface area contributed by atoms with Crippen LogP contribution in [0.4, 0.5) is 0 Å². The van der Waals surface area contributed by atoms with Gasteiger partial charge in [-0.3, -0.25) is 0 Å². The van der Waals surface area contributed by atoms with Crippen LogP contribution in [0.25, 0.3) is 0 Å². The molecule has 1 saturated carbocycles. The van der Waals surface area contributed by atoms with Crippen molar-refractivity contribution in [1.29, 1.82) is 0 Å². The van der Waals surface area contributed by atoms with Gasteiger partial charge in [-0.25, -0.2) is 0 Å². The summed E-state index contributed by atoms with van der Waals surface area (Å²) in [6.07, 6.45) is 13.0. The smallest absolute Gasteiger partial charge is 0.0831 e. The molecule has 20 heavy (non-hydrogen) atoms. The van der Waals surface area contributed by atoms with Gasteiger partial charge in [0, 0.05) is 13.2 Å². The monoisotopic (exact) mass is 283 g/mol. The molecule has 1 unspecified atom stereocenters. The Kier molecular flexibility index (Phi) is 8.79. The minimum atomic E-state index is 0.105. The first-order valence-electron chi connectivity index (χ1n) is 8.97. The summed E-state index contributed by atoms with van der Waals surface area (Å²) < 4.78 is 6.08. The molecule has 1 rings (SSSR count). The van der Waals surface area contributed by atoms with Gasteiger partial charge in [-0.15, -0.1) is 0 Å². The molecule has 0 aromatic heterocycles. The third-order valence-electron chi connectivity index (χ3n) is 5.15. The van der Waals surface area contributed by atoms with Crippen molar-refractivity contribution in [3.05, 3.63) is 0 Å². The molecule has 1 aliphatic carbocycles. The third kappa shape index (κ3) is 5.37. The summed E-state index contributed by atoms with van der Waals surface area (Å²) in [5.41, 5.74) is 0.105. The second kappa shape index (κ2) is 9.78. The summed E-state index contributed by atoms with van der Waals surface area (Å²) in [4.78, 5) is 0. The van der Waals surface area contributed by atoms with E-state index < -0.39 is 0 Å². The van der Waals surface area contributed by atoms with Gasteiger partial charge >= 0.3 is 0 Å². The molecule has 1 atom stereocenters. The van der Waals surface area contributed by atoms with Gasteiger partial charge in [-0.1, -0.05) is 46.5 Å². The molecule has 2 heteroatoms. The number of unbranched alkanes of at least 4 members (excludes halogenated alkanes) is 3. The molecule has 0 saturated heterocycles. The fraction of sp³-hybridized carbons (Fsp3) is 1.00. The Hall–Kier alpha value is -0.0800. The van der Waals surface area contributed by atoms with Crippen molar-refractivity contribution in [2.45, 2.75) is 96.6 Å². The highest BCUT2D eigenvalue weighted by molar-refractivity contribution is 4.96. The van der Waals surface area contributed by atoms with E-state index in [0.717, 1.165) is 12.5 Å². The highest BCUT2D eigenvalue weighted by Crippen LogP contribution is 2.38. The summed E-state index contributed by atoms with van der Waals surface area (Å²) in [6.45, 7) is 8.05. The molecule has 1 fully saturated rings. The zero-order chi connectivity index (χ0) is 14.8. The Morgan fingerprint density at radius 3 is 2.35 bits per heavy atom. The van der Waals surface area contributed by atoms with E-state index in [4.69, 9.17) is 4.74 Å². The van der Waals surface area contributed by atoms with Crippen LogP contribution in [0.3, 0.4) is 0 Å². The number of hydrogen-bond acceptors (Lipinski definition) is 2. The van der Waals surface area contributed by atoms with Crippen LogP contribution >= 0.6 is 0 Å². The first-order chi connectivity index (χ1) is 9.68. The average Bonchev–Trinajstić information content (AvgIpc) is 2.48. The number of rotatable bonds is 10. The van der Waals surface area contributed by atoms with Crippen molar-refractivity contribution in [2.75, 3.05) is 13.7 Å². The molecule has 0 radical (unpaired) electrons. The molecule has 0 spiro atoms. The van der Waals surface area contributed by atoms with Crippen molar-refractivity contribution in [3.63, 3.8) is 0 Å². The number of nitrogens with one attached hydrogen (secondary N) is 1. The summed E-state index contributed by atoms with van der Waals surface area (Å²) in [6, 6.07) is 0.553. The normalized spacial score (nSPS) is 28.5. The Labute approximate surface area is 127 Å². The van der Waals surface area contributed by atoms with Crippen LogP contribution in [0, 0.1) is 5.92 Å². The van der Waals surface area contributed by atoms with Crippen molar-refractivity contribution < 1.29 is 4.74 Å². The molecule has 120 valence electrons. The lowest BCUT2D eigenvalue weighted by Gasteiger charge is -2.44. The average molecular weight is 284 g/mol. The van der Waals surface area contributed by atoms with Crippen LogP contribution in [-0.2, 0) is 4.74 Å². The Morgan fingerprint density at radius 1 is 1.10 bits per heavy atom. The first kappa shape index (κ1) is 18.0. The molecule has 0 aromatic carbocycles. The van der Waals surface area contributed by atoms with Crippen LogP contribution in [0.1, 0.15) is 85.0 Å². The van der Waals surface area contributed by atoms with Crippen LogP contribution in [0.15, 0.2) is 0 Å². The standard InChI is InChI=1S/C18H37NO/c1-5-7-8-9-10-17(19-15-6-2)18(20-4)13-11-16(3)12-14-18/h16-17,19H,5-15H2,1-4H3. The van der Waals surface area contributed by atoms with Crippen molar-refractivity contribution in [1.82, 2.24) is 5.32 Å². The molecule has 0 bridgehead atoms. The van der Waals surface area contributed by atoms with E-state index in [9.17, 15) is 0 Å². The minimum Gasteiger partial charge on any atom is -0.377 e. The molecular weight excluding hydrogens is 246 g/mol. The van der Waals surface area contributed by atoms with E-state index >= 15 is 0 Å². The zero-order valence-corrected chi connectivity index (χ0v) is 14.3. The molecule has 2 nitrogen and oxygen atoms in total. The quantitative estimate of drug-likeness (QED) is 0.575. The number of methoxy groups -OCH3 is 1. The Bertz CT molecular complexity index is 234. The fourth-order valence-electron chi connectivity index (χ4n) is 3.59. The summed E-state index contributed by atoms with van der Waals surface area (Å²) in [5, 5.41) is 3.80. The van der Waals surface area contributed by atoms with Crippen molar-refractivity contribution in [3.8, 4) is 0 Å². The second-order valence-corrected chi connectivity index (χ2v) is 6.81. The minimum absolute atomic E-state index is 0.105. The third-order valence-corrected chi connectivity index (χ3v) is 5.15. The van der Waals surface area contributed by atoms with Crippen LogP contribution in [0.2, 0.25) is 0 Å². The maximum atomic E-state index is 6.08. The Morgan fingerprint density at radius 2 is 1.80 bits per heavy atom. The predicted octanol–water partition coefficient (Wildman–Crippen LogP) is 4.92.